The van der Waals surface area contributed by atoms with Gasteiger partial charge < -0.3 is 14.6 Å². The summed E-state index contributed by atoms with van der Waals surface area (Å²) in [4.78, 5) is 23.7. The van der Waals surface area contributed by atoms with Crippen molar-refractivity contribution in [2.45, 2.75) is 52.7 Å². The topological polar surface area (TPSA) is 72.8 Å². The van der Waals surface area contributed by atoms with Gasteiger partial charge in [-0.15, -0.1) is 0 Å². The zero-order chi connectivity index (χ0) is 19.5. The van der Waals surface area contributed by atoms with Crippen molar-refractivity contribution in [1.29, 1.82) is 0 Å². The van der Waals surface area contributed by atoms with Crippen LogP contribution in [0.2, 0.25) is 0 Å². The summed E-state index contributed by atoms with van der Waals surface area (Å²) >= 11 is 0. The van der Waals surface area contributed by atoms with Crippen molar-refractivity contribution in [1.82, 2.24) is 0 Å². The lowest BCUT2D eigenvalue weighted by molar-refractivity contribution is -0.174. The van der Waals surface area contributed by atoms with Gasteiger partial charge in [0.15, 0.2) is 11.4 Å². The first-order valence-electron chi connectivity index (χ1n) is 9.01. The number of esters is 1. The molecule has 0 amide bonds. The van der Waals surface area contributed by atoms with Crippen molar-refractivity contribution in [3.63, 3.8) is 0 Å². The highest BCUT2D eigenvalue weighted by Gasteiger charge is 2.50. The monoisotopic (exact) mass is 360 g/mol. The van der Waals surface area contributed by atoms with E-state index >= 15 is 0 Å². The minimum absolute atomic E-state index is 0.234. The third-order valence-corrected chi connectivity index (χ3v) is 4.88. The molecule has 0 aromatic carbocycles. The number of rotatable bonds is 5. The van der Waals surface area contributed by atoms with Gasteiger partial charge in [-0.2, -0.15) is 0 Å². The maximum Gasteiger partial charge on any atom is 0.303 e. The summed E-state index contributed by atoms with van der Waals surface area (Å²) in [5.74, 6) is -0.231. The van der Waals surface area contributed by atoms with Gasteiger partial charge in [0.25, 0.3) is 0 Å². The van der Waals surface area contributed by atoms with Gasteiger partial charge in [-0.25, -0.2) is 0 Å². The summed E-state index contributed by atoms with van der Waals surface area (Å²) in [6.07, 6.45) is 9.35. The lowest BCUT2D eigenvalue weighted by Gasteiger charge is -2.41. The quantitative estimate of drug-likeness (QED) is 0.602. The fourth-order valence-corrected chi connectivity index (χ4v) is 3.14. The van der Waals surface area contributed by atoms with E-state index in [9.17, 15) is 14.7 Å². The van der Waals surface area contributed by atoms with E-state index in [4.69, 9.17) is 9.47 Å². The van der Waals surface area contributed by atoms with E-state index in [2.05, 4.69) is 19.9 Å². The van der Waals surface area contributed by atoms with E-state index in [1.165, 1.54) is 19.9 Å². The molecule has 1 N–H and O–H groups in total. The number of hydrogen-bond acceptors (Lipinski definition) is 5. The van der Waals surface area contributed by atoms with Crippen LogP contribution in [0.15, 0.2) is 47.3 Å². The van der Waals surface area contributed by atoms with Crippen molar-refractivity contribution in [2.75, 3.05) is 6.61 Å². The second-order valence-corrected chi connectivity index (χ2v) is 7.28. The van der Waals surface area contributed by atoms with E-state index in [0.717, 1.165) is 12.0 Å². The standard InChI is InChI=1S/C21H28O5/c1-6-13(2)9-14(3)7-8-17-10-16-11-19(23)21(5,24)20(26-15(4)22)18(16)12-25-17/h7-11,13,18,20,24H,6,12H2,1-5H3/t13-,18-,20+,21-/m0/s1. The lowest BCUT2D eigenvalue weighted by Crippen LogP contribution is -2.56. The average molecular weight is 360 g/mol. The van der Waals surface area contributed by atoms with E-state index in [1.807, 2.05) is 19.1 Å². The lowest BCUT2D eigenvalue weighted by atomic mass is 9.75. The molecule has 0 spiro atoms. The van der Waals surface area contributed by atoms with Gasteiger partial charge in [-0.05, 0) is 43.6 Å². The van der Waals surface area contributed by atoms with E-state index in [-0.39, 0.29) is 12.5 Å². The van der Waals surface area contributed by atoms with Crippen LogP contribution >= 0.6 is 0 Å². The first-order valence-corrected chi connectivity index (χ1v) is 9.01. The van der Waals surface area contributed by atoms with Crippen molar-refractivity contribution in [2.24, 2.45) is 11.8 Å². The Morgan fingerprint density at radius 3 is 2.77 bits per heavy atom. The Morgan fingerprint density at radius 2 is 2.15 bits per heavy atom. The molecular formula is C21H28O5. The second kappa shape index (κ2) is 8.04. The molecule has 142 valence electrons. The van der Waals surface area contributed by atoms with Crippen LogP contribution in [0, 0.1) is 11.8 Å². The Kier molecular flexibility index (Phi) is 6.24. The van der Waals surface area contributed by atoms with Gasteiger partial charge in [0, 0.05) is 6.92 Å². The maximum absolute atomic E-state index is 12.3. The predicted molar refractivity (Wildman–Crippen MR) is 99.1 cm³/mol. The number of aliphatic hydroxyl groups is 1. The fourth-order valence-electron chi connectivity index (χ4n) is 3.14. The Hall–Kier alpha value is -2.14. The normalized spacial score (nSPS) is 30.2. The van der Waals surface area contributed by atoms with E-state index in [1.54, 1.807) is 6.08 Å². The molecule has 0 aromatic heterocycles. The number of carbonyl (C=O) groups is 2. The number of ketones is 1. The molecule has 1 heterocycles. The number of hydrogen-bond donors (Lipinski definition) is 1. The molecule has 1 aliphatic carbocycles. The highest BCUT2D eigenvalue weighted by Crippen LogP contribution is 2.37. The molecule has 0 saturated heterocycles. The van der Waals surface area contributed by atoms with Gasteiger partial charge in [0.1, 0.15) is 11.9 Å². The minimum Gasteiger partial charge on any atom is -0.493 e. The summed E-state index contributed by atoms with van der Waals surface area (Å²) in [5.41, 5.74) is 0.0997. The molecule has 2 rings (SSSR count). The maximum atomic E-state index is 12.3. The Labute approximate surface area is 155 Å². The first kappa shape index (κ1) is 20.2. The molecule has 5 nitrogen and oxygen atoms in total. The van der Waals surface area contributed by atoms with Crippen LogP contribution < -0.4 is 0 Å². The van der Waals surface area contributed by atoms with Crippen LogP contribution in [0.4, 0.5) is 0 Å². The van der Waals surface area contributed by atoms with Gasteiger partial charge in [0.05, 0.1) is 12.5 Å². The van der Waals surface area contributed by atoms with Gasteiger partial charge in [-0.3, -0.25) is 9.59 Å². The van der Waals surface area contributed by atoms with Crippen molar-refractivity contribution < 1.29 is 24.2 Å². The fraction of sp³-hybridized carbons (Fsp3) is 0.524. The predicted octanol–water partition coefficient (Wildman–Crippen LogP) is 3.26. The summed E-state index contributed by atoms with van der Waals surface area (Å²) in [5, 5.41) is 10.5. The zero-order valence-electron chi connectivity index (χ0n) is 16.1. The van der Waals surface area contributed by atoms with E-state index in [0.29, 0.717) is 17.3 Å². The number of fused-ring (bicyclic) bond motifs is 1. The molecule has 1 aliphatic heterocycles. The summed E-state index contributed by atoms with van der Waals surface area (Å²) in [6.45, 7) is 9.21. The molecule has 0 fully saturated rings. The molecule has 0 unspecified atom stereocenters. The van der Waals surface area contributed by atoms with Crippen molar-refractivity contribution in [3.8, 4) is 0 Å². The second-order valence-electron chi connectivity index (χ2n) is 7.28. The molecule has 26 heavy (non-hydrogen) atoms. The Morgan fingerprint density at radius 1 is 1.46 bits per heavy atom. The number of carbonyl (C=O) groups excluding carboxylic acids is 2. The number of ether oxygens (including phenoxy) is 2. The molecule has 4 atom stereocenters. The van der Waals surface area contributed by atoms with Gasteiger partial charge >= 0.3 is 5.97 Å². The Balaban J connectivity index is 2.25. The summed E-state index contributed by atoms with van der Waals surface area (Å²) in [7, 11) is 0. The van der Waals surface area contributed by atoms with Crippen molar-refractivity contribution >= 4 is 11.8 Å². The van der Waals surface area contributed by atoms with Gasteiger partial charge in [-0.1, -0.05) is 38.0 Å². The zero-order valence-corrected chi connectivity index (χ0v) is 16.1. The third-order valence-electron chi connectivity index (χ3n) is 4.88. The molecule has 0 bridgehead atoms. The van der Waals surface area contributed by atoms with Crippen LogP contribution in [0.25, 0.3) is 0 Å². The molecule has 0 radical (unpaired) electrons. The highest BCUT2D eigenvalue weighted by atomic mass is 16.6. The smallest absolute Gasteiger partial charge is 0.303 e. The first-order chi connectivity index (χ1) is 12.1. The average Bonchev–Trinajstić information content (AvgIpc) is 2.57. The Bertz CT molecular complexity index is 693. The molecule has 0 aromatic rings. The largest absolute Gasteiger partial charge is 0.493 e. The van der Waals surface area contributed by atoms with Crippen LogP contribution in [-0.2, 0) is 19.1 Å². The van der Waals surface area contributed by atoms with Crippen LogP contribution in [-0.4, -0.2) is 35.2 Å². The van der Waals surface area contributed by atoms with E-state index < -0.39 is 23.5 Å². The molecule has 5 heteroatoms. The molecule has 0 saturated carbocycles. The number of allylic oxidation sites excluding steroid dienone is 5. The van der Waals surface area contributed by atoms with Crippen LogP contribution in [0.5, 0.6) is 0 Å². The summed E-state index contributed by atoms with van der Waals surface area (Å²) in [6, 6.07) is 0. The molecular weight excluding hydrogens is 332 g/mol. The minimum atomic E-state index is -1.75. The van der Waals surface area contributed by atoms with Crippen molar-refractivity contribution in [3.05, 3.63) is 47.3 Å². The van der Waals surface area contributed by atoms with Crippen LogP contribution in [0.3, 0.4) is 0 Å². The van der Waals surface area contributed by atoms with Gasteiger partial charge in [0.2, 0.25) is 0 Å². The third kappa shape index (κ3) is 4.52. The van der Waals surface area contributed by atoms with Crippen LogP contribution in [0.1, 0.15) is 41.0 Å². The molecule has 2 aliphatic rings. The highest BCUT2D eigenvalue weighted by molar-refractivity contribution is 5.99. The summed E-state index contributed by atoms with van der Waals surface area (Å²) < 4.78 is 11.0. The SMILES string of the molecule is CC[C@H](C)C=C(C)C=CC1=CC2=CC(=O)[C@](C)(O)[C@H](OC(C)=O)[C@H]2CO1.